The van der Waals surface area contributed by atoms with Crippen molar-refractivity contribution in [3.63, 3.8) is 0 Å². The summed E-state index contributed by atoms with van der Waals surface area (Å²) in [6.07, 6.45) is 9.03. The lowest BCUT2D eigenvalue weighted by Gasteiger charge is -2.29. The number of nitrogens with zero attached hydrogens (tertiary/aromatic N) is 5. The number of fused-ring (bicyclic) bond motifs is 6. The molecule has 5 heteroatoms. The zero-order valence-corrected chi connectivity index (χ0v) is 30.4. The molecular weight excluding hydrogens is 683 g/mol. The molecular formula is C51H35N5. The minimum absolute atomic E-state index is 0.140. The molecule has 9 aromatic rings. The molecule has 11 rings (SSSR count). The molecule has 0 saturated heterocycles. The fourth-order valence-electron chi connectivity index (χ4n) is 8.56. The maximum Gasteiger partial charge on any atom is 0.164 e. The van der Waals surface area contributed by atoms with Crippen LogP contribution >= 0.6 is 0 Å². The van der Waals surface area contributed by atoms with Crippen molar-refractivity contribution in [1.82, 2.24) is 19.5 Å². The first-order valence-electron chi connectivity index (χ1n) is 19.1. The topological polar surface area (TPSA) is 46.8 Å². The van der Waals surface area contributed by atoms with Gasteiger partial charge in [0.25, 0.3) is 0 Å². The van der Waals surface area contributed by atoms with Crippen molar-refractivity contribution < 1.29 is 0 Å². The van der Waals surface area contributed by atoms with Crippen LogP contribution in [0, 0.1) is 0 Å². The number of anilines is 2. The zero-order valence-electron chi connectivity index (χ0n) is 30.4. The smallest absolute Gasteiger partial charge is 0.164 e. The Labute approximate surface area is 325 Å². The minimum atomic E-state index is 0.140. The maximum atomic E-state index is 5.03. The Morgan fingerprint density at radius 3 is 1.71 bits per heavy atom. The molecule has 0 fully saturated rings. The van der Waals surface area contributed by atoms with Gasteiger partial charge in [-0.2, -0.15) is 0 Å². The number of rotatable bonds is 6. The Morgan fingerprint density at radius 2 is 0.964 bits per heavy atom. The fraction of sp³-hybridized carbons (Fsp3) is 0.0392. The highest BCUT2D eigenvalue weighted by Gasteiger charge is 2.37. The summed E-state index contributed by atoms with van der Waals surface area (Å²) in [5, 5.41) is 2.52. The Bertz CT molecular complexity index is 2930. The van der Waals surface area contributed by atoms with Gasteiger partial charge >= 0.3 is 0 Å². The molecule has 2 atom stereocenters. The molecule has 56 heavy (non-hydrogen) atoms. The van der Waals surface area contributed by atoms with E-state index >= 15 is 0 Å². The fourth-order valence-corrected chi connectivity index (χ4v) is 8.56. The van der Waals surface area contributed by atoms with E-state index in [1.807, 2.05) is 60.7 Å². The highest BCUT2D eigenvalue weighted by atomic mass is 15.2. The molecule has 7 aromatic carbocycles. The molecule has 0 bridgehead atoms. The molecule has 5 nitrogen and oxygen atoms in total. The SMILES string of the molecule is C1=CC2c3cc(-c4ccc5c6ccccc6n(-c6ccccc6)c5c4)ccc3N(c3cccc(-c4nc(-c5ccccc5)nc(-c5ccccc5)n4)c3)C2C=C1. The van der Waals surface area contributed by atoms with E-state index in [4.69, 9.17) is 15.0 Å². The Balaban J connectivity index is 1.01. The third kappa shape index (κ3) is 5.36. The molecule has 2 aromatic heterocycles. The molecule has 0 N–H and O–H groups in total. The van der Waals surface area contributed by atoms with Gasteiger partial charge in [0.2, 0.25) is 0 Å². The normalized spacial score (nSPS) is 15.7. The molecule has 264 valence electrons. The van der Waals surface area contributed by atoms with Crippen molar-refractivity contribution in [3.05, 3.63) is 206 Å². The van der Waals surface area contributed by atoms with Crippen LogP contribution in [0.2, 0.25) is 0 Å². The van der Waals surface area contributed by atoms with Gasteiger partial charge in [0.1, 0.15) is 0 Å². The second kappa shape index (κ2) is 13.2. The molecule has 0 spiro atoms. The lowest BCUT2D eigenvalue weighted by molar-refractivity contribution is 0.745. The number of hydrogen-bond acceptors (Lipinski definition) is 4. The van der Waals surface area contributed by atoms with E-state index in [0.29, 0.717) is 17.5 Å². The van der Waals surface area contributed by atoms with E-state index in [1.54, 1.807) is 0 Å². The van der Waals surface area contributed by atoms with E-state index in [2.05, 4.69) is 149 Å². The summed E-state index contributed by atoms with van der Waals surface area (Å²) < 4.78 is 2.39. The van der Waals surface area contributed by atoms with Crippen molar-refractivity contribution in [2.75, 3.05) is 4.90 Å². The van der Waals surface area contributed by atoms with Gasteiger partial charge in [0.05, 0.1) is 17.1 Å². The molecule has 3 heterocycles. The minimum Gasteiger partial charge on any atom is -0.333 e. The summed E-state index contributed by atoms with van der Waals surface area (Å²) in [5.41, 5.74) is 12.5. The number of allylic oxidation sites excluding steroid dienone is 2. The van der Waals surface area contributed by atoms with Crippen molar-refractivity contribution in [2.45, 2.75) is 12.0 Å². The number of aromatic nitrogens is 4. The van der Waals surface area contributed by atoms with Gasteiger partial charge < -0.3 is 9.47 Å². The Morgan fingerprint density at radius 1 is 0.393 bits per heavy atom. The van der Waals surface area contributed by atoms with Gasteiger partial charge in [-0.05, 0) is 65.2 Å². The van der Waals surface area contributed by atoms with Crippen molar-refractivity contribution in [2.24, 2.45) is 0 Å². The third-order valence-electron chi connectivity index (χ3n) is 11.2. The predicted octanol–water partition coefficient (Wildman–Crippen LogP) is 12.4. The highest BCUT2D eigenvalue weighted by molar-refractivity contribution is 6.10. The molecule has 2 aliphatic rings. The molecule has 1 aliphatic heterocycles. The molecule has 0 radical (unpaired) electrons. The van der Waals surface area contributed by atoms with Gasteiger partial charge in [-0.25, -0.2) is 15.0 Å². The Kier molecular flexibility index (Phi) is 7.56. The second-order valence-electron chi connectivity index (χ2n) is 14.4. The largest absolute Gasteiger partial charge is 0.333 e. The quantitative estimate of drug-likeness (QED) is 0.172. The molecule has 1 aliphatic carbocycles. The first kappa shape index (κ1) is 32.1. The van der Waals surface area contributed by atoms with Crippen LogP contribution in [0.15, 0.2) is 200 Å². The number of para-hydroxylation sites is 2. The van der Waals surface area contributed by atoms with Gasteiger partial charge in [0.15, 0.2) is 17.5 Å². The van der Waals surface area contributed by atoms with Crippen LogP contribution in [0.5, 0.6) is 0 Å². The van der Waals surface area contributed by atoms with E-state index in [1.165, 1.54) is 44.2 Å². The van der Waals surface area contributed by atoms with Gasteiger partial charge in [0, 0.05) is 50.4 Å². The second-order valence-corrected chi connectivity index (χ2v) is 14.4. The number of hydrogen-bond donors (Lipinski definition) is 0. The molecule has 2 unspecified atom stereocenters. The van der Waals surface area contributed by atoms with Crippen molar-refractivity contribution >= 4 is 33.2 Å². The summed E-state index contributed by atoms with van der Waals surface area (Å²) in [7, 11) is 0. The predicted molar refractivity (Wildman–Crippen MR) is 229 cm³/mol. The first-order chi connectivity index (χ1) is 27.8. The van der Waals surface area contributed by atoms with Crippen molar-refractivity contribution in [1.29, 1.82) is 0 Å². The van der Waals surface area contributed by atoms with Crippen LogP contribution in [0.4, 0.5) is 11.4 Å². The molecule has 0 amide bonds. The monoisotopic (exact) mass is 717 g/mol. The molecule has 0 saturated carbocycles. The Hall–Kier alpha value is -7.37. The summed E-state index contributed by atoms with van der Waals surface area (Å²) >= 11 is 0. The lowest BCUT2D eigenvalue weighted by atomic mass is 9.89. The van der Waals surface area contributed by atoms with Crippen LogP contribution in [0.3, 0.4) is 0 Å². The van der Waals surface area contributed by atoms with E-state index in [-0.39, 0.29) is 12.0 Å². The van der Waals surface area contributed by atoms with Crippen LogP contribution in [-0.4, -0.2) is 25.6 Å². The third-order valence-corrected chi connectivity index (χ3v) is 11.2. The summed E-state index contributed by atoms with van der Waals surface area (Å²) in [5.74, 6) is 2.17. The van der Waals surface area contributed by atoms with Crippen LogP contribution in [0.1, 0.15) is 11.5 Å². The van der Waals surface area contributed by atoms with Crippen molar-refractivity contribution in [3.8, 4) is 51.0 Å². The first-order valence-corrected chi connectivity index (χ1v) is 19.1. The van der Waals surface area contributed by atoms with Gasteiger partial charge in [-0.15, -0.1) is 0 Å². The van der Waals surface area contributed by atoms with E-state index < -0.39 is 0 Å². The average Bonchev–Trinajstić information content (AvgIpc) is 3.79. The van der Waals surface area contributed by atoms with E-state index in [9.17, 15) is 0 Å². The summed E-state index contributed by atoms with van der Waals surface area (Å²) in [6.45, 7) is 0. The number of benzene rings is 7. The van der Waals surface area contributed by atoms with Gasteiger partial charge in [-0.1, -0.05) is 152 Å². The standard InChI is InChI=1S/C51H35N5/c1-4-15-34(16-5-1)49-52-50(35-17-6-2-7-18-35)54-51(53-49)38-19-14-22-40(31-38)56-46-26-13-11-24-42(46)44-32-36(28-30-47(44)56)37-27-29-43-41-23-10-12-25-45(41)55(48(43)33-37)39-20-8-3-9-21-39/h1-33,42,46H. The maximum absolute atomic E-state index is 5.03. The lowest BCUT2D eigenvalue weighted by Crippen LogP contribution is -2.28. The summed E-state index contributed by atoms with van der Waals surface area (Å²) in [6, 6.07) is 62.3. The van der Waals surface area contributed by atoms with Crippen LogP contribution in [0.25, 0.3) is 72.8 Å². The van der Waals surface area contributed by atoms with Crippen LogP contribution < -0.4 is 4.90 Å². The summed E-state index contributed by atoms with van der Waals surface area (Å²) in [4.78, 5) is 17.4. The van der Waals surface area contributed by atoms with E-state index in [0.717, 1.165) is 28.1 Å². The zero-order chi connectivity index (χ0) is 37.0. The van der Waals surface area contributed by atoms with Crippen LogP contribution in [-0.2, 0) is 0 Å². The van der Waals surface area contributed by atoms with Gasteiger partial charge in [-0.3, -0.25) is 0 Å². The highest BCUT2D eigenvalue weighted by Crippen LogP contribution is 2.49. The average molecular weight is 718 g/mol.